The minimum absolute atomic E-state index is 0.00109. The van der Waals surface area contributed by atoms with Gasteiger partial charge in [0.2, 0.25) is 0 Å². The van der Waals surface area contributed by atoms with Crippen LogP contribution in [-0.4, -0.2) is 23.7 Å². The van der Waals surface area contributed by atoms with Crippen LogP contribution in [-0.2, 0) is 27.4 Å². The van der Waals surface area contributed by atoms with E-state index in [0.29, 0.717) is 5.69 Å². The van der Waals surface area contributed by atoms with Crippen LogP contribution < -0.4 is 10.9 Å². The number of nitrogens with one attached hydrogen (secondary N) is 1. The highest BCUT2D eigenvalue weighted by Crippen LogP contribution is 2.11. The lowest BCUT2D eigenvalue weighted by molar-refractivity contribution is -0.141. The Morgan fingerprint density at radius 1 is 0.935 bits per heavy atom. The van der Waals surface area contributed by atoms with Crippen molar-refractivity contribution in [2.75, 3.05) is 12.4 Å². The van der Waals surface area contributed by atoms with E-state index >= 15 is 0 Å². The van der Waals surface area contributed by atoms with Crippen LogP contribution in [0, 0.1) is 0 Å². The summed E-state index contributed by atoms with van der Waals surface area (Å²) in [6.45, 7) is -0.223. The van der Waals surface area contributed by atoms with Gasteiger partial charge in [0.15, 0.2) is 0 Å². The number of aromatic nitrogens is 1. The van der Waals surface area contributed by atoms with Gasteiger partial charge in [-0.2, -0.15) is 0 Å². The number of anilines is 1. The molecule has 1 N–H and O–H groups in total. The van der Waals surface area contributed by atoms with Crippen LogP contribution in [0.4, 0.5) is 10.5 Å². The van der Waals surface area contributed by atoms with Gasteiger partial charge in [0, 0.05) is 5.69 Å². The summed E-state index contributed by atoms with van der Waals surface area (Å²) in [6.07, 6.45) is 2.78. The second-order valence-corrected chi connectivity index (χ2v) is 6.57. The van der Waals surface area contributed by atoms with E-state index in [1.165, 1.54) is 17.7 Å². The maximum Gasteiger partial charge on any atom is 0.412 e. The molecular formula is C24H22N2O5. The molecule has 0 radical (unpaired) electrons. The van der Waals surface area contributed by atoms with Gasteiger partial charge in [-0.25, -0.2) is 4.79 Å². The first-order valence-corrected chi connectivity index (χ1v) is 9.58. The first kappa shape index (κ1) is 21.6. The molecule has 1 aromatic heterocycles. The van der Waals surface area contributed by atoms with Crippen LogP contribution >= 0.6 is 0 Å². The molecule has 31 heavy (non-hydrogen) atoms. The quantitative estimate of drug-likeness (QED) is 0.588. The maximum absolute atomic E-state index is 12.9. The fourth-order valence-electron chi connectivity index (χ4n) is 2.80. The summed E-state index contributed by atoms with van der Waals surface area (Å²) in [7, 11) is 1.25. The van der Waals surface area contributed by atoms with E-state index in [4.69, 9.17) is 9.47 Å². The van der Waals surface area contributed by atoms with Gasteiger partial charge >= 0.3 is 12.1 Å². The van der Waals surface area contributed by atoms with Gasteiger partial charge in [-0.3, -0.25) is 19.5 Å². The Labute approximate surface area is 179 Å². The molecule has 7 nitrogen and oxygen atoms in total. The molecule has 0 saturated carbocycles. The average Bonchev–Trinajstić information content (AvgIpc) is 2.81. The van der Waals surface area contributed by atoms with Crippen LogP contribution in [0.1, 0.15) is 16.8 Å². The summed E-state index contributed by atoms with van der Waals surface area (Å²) in [5.74, 6) is -0.583. The van der Waals surface area contributed by atoms with Crippen molar-refractivity contribution in [3.05, 3.63) is 100.0 Å². The van der Waals surface area contributed by atoms with E-state index in [-0.39, 0.29) is 18.8 Å². The fraction of sp³-hybridized carbons (Fsp3) is 0.125. The van der Waals surface area contributed by atoms with Crippen molar-refractivity contribution in [3.63, 3.8) is 0 Å². The van der Waals surface area contributed by atoms with Crippen molar-refractivity contribution in [1.29, 1.82) is 0 Å². The van der Waals surface area contributed by atoms with Gasteiger partial charge in [-0.15, -0.1) is 0 Å². The second kappa shape index (κ2) is 10.6. The van der Waals surface area contributed by atoms with Crippen molar-refractivity contribution < 1.29 is 19.1 Å². The van der Waals surface area contributed by atoms with E-state index in [1.807, 2.05) is 66.7 Å². The molecule has 158 valence electrons. The highest BCUT2D eigenvalue weighted by atomic mass is 16.5. The number of methoxy groups -OCH3 is 1. The van der Waals surface area contributed by atoms with Crippen LogP contribution in [0.2, 0.25) is 0 Å². The highest BCUT2D eigenvalue weighted by Gasteiger charge is 2.14. The Balaban J connectivity index is 1.80. The first-order valence-electron chi connectivity index (χ1n) is 9.58. The number of hydrogen-bond donors (Lipinski definition) is 1. The molecule has 0 spiro atoms. The fourth-order valence-corrected chi connectivity index (χ4v) is 2.80. The Kier molecular flexibility index (Phi) is 7.37. The van der Waals surface area contributed by atoms with Gasteiger partial charge in [0.1, 0.15) is 18.8 Å². The third kappa shape index (κ3) is 6.17. The minimum atomic E-state index is -0.766. The van der Waals surface area contributed by atoms with Crippen molar-refractivity contribution in [1.82, 2.24) is 4.57 Å². The predicted octanol–water partition coefficient (Wildman–Crippen LogP) is 3.94. The molecule has 1 heterocycles. The Morgan fingerprint density at radius 3 is 2.29 bits per heavy atom. The molecule has 7 heteroatoms. The summed E-state index contributed by atoms with van der Waals surface area (Å²) in [5, 5.41) is 2.44. The molecule has 0 atom stereocenters. The number of pyridine rings is 1. The second-order valence-electron chi connectivity index (χ2n) is 6.57. The van der Waals surface area contributed by atoms with Crippen LogP contribution in [0.5, 0.6) is 0 Å². The molecule has 1 amide bonds. The number of esters is 1. The van der Waals surface area contributed by atoms with Gasteiger partial charge in [0.25, 0.3) is 5.56 Å². The van der Waals surface area contributed by atoms with Gasteiger partial charge in [-0.05, 0) is 29.3 Å². The zero-order valence-electron chi connectivity index (χ0n) is 17.0. The van der Waals surface area contributed by atoms with E-state index < -0.39 is 17.6 Å². The molecule has 0 aliphatic carbocycles. The van der Waals surface area contributed by atoms with E-state index in [1.54, 1.807) is 12.1 Å². The third-order valence-corrected chi connectivity index (χ3v) is 4.42. The third-order valence-electron chi connectivity index (χ3n) is 4.42. The lowest BCUT2D eigenvalue weighted by Gasteiger charge is -2.12. The molecule has 0 saturated heterocycles. The monoisotopic (exact) mass is 418 g/mol. The largest absolute Gasteiger partial charge is 0.468 e. The Hall–Kier alpha value is -4.13. The lowest BCUT2D eigenvalue weighted by atomic mass is 10.2. The van der Waals surface area contributed by atoms with Gasteiger partial charge in [0.05, 0.1) is 7.11 Å². The Morgan fingerprint density at radius 2 is 1.61 bits per heavy atom. The summed E-state index contributed by atoms with van der Waals surface area (Å²) in [6, 6.07) is 21.8. The molecule has 3 aromatic rings. The number of carbonyl (C=O) groups is 2. The average molecular weight is 418 g/mol. The van der Waals surface area contributed by atoms with Crippen LogP contribution in [0.25, 0.3) is 12.2 Å². The summed E-state index contributed by atoms with van der Waals surface area (Å²) in [5.41, 5.74) is 1.70. The summed E-state index contributed by atoms with van der Waals surface area (Å²) < 4.78 is 11.1. The number of amides is 1. The molecule has 0 bridgehead atoms. The van der Waals surface area contributed by atoms with Crippen molar-refractivity contribution in [2.45, 2.75) is 13.2 Å². The summed E-state index contributed by atoms with van der Waals surface area (Å²) >= 11 is 0. The number of rotatable bonds is 7. The molecular weight excluding hydrogens is 396 g/mol. The van der Waals surface area contributed by atoms with Crippen LogP contribution in [0.3, 0.4) is 0 Å². The zero-order chi connectivity index (χ0) is 22.1. The first-order chi connectivity index (χ1) is 15.1. The van der Waals surface area contributed by atoms with E-state index in [0.717, 1.165) is 11.1 Å². The van der Waals surface area contributed by atoms with Gasteiger partial charge < -0.3 is 9.47 Å². The van der Waals surface area contributed by atoms with Crippen molar-refractivity contribution >= 4 is 29.9 Å². The topological polar surface area (TPSA) is 86.6 Å². The number of carbonyl (C=O) groups excluding carboxylic acids is 2. The molecule has 3 rings (SSSR count). The van der Waals surface area contributed by atoms with Crippen molar-refractivity contribution in [2.24, 2.45) is 0 Å². The molecule has 0 aliphatic rings. The minimum Gasteiger partial charge on any atom is -0.468 e. The Bertz CT molecular complexity index is 1120. The number of ether oxygens (including phenoxy) is 2. The predicted molar refractivity (Wildman–Crippen MR) is 118 cm³/mol. The van der Waals surface area contributed by atoms with Crippen LogP contribution in [0.15, 0.2) is 77.6 Å². The number of hydrogen-bond acceptors (Lipinski definition) is 5. The van der Waals surface area contributed by atoms with Crippen molar-refractivity contribution in [3.8, 4) is 0 Å². The normalized spacial score (nSPS) is 10.6. The SMILES string of the molecule is COC(=O)Cn1c(C=Cc2ccccc2)ccc(NC(=O)OCc2ccccc2)c1=O. The lowest BCUT2D eigenvalue weighted by Crippen LogP contribution is -2.30. The molecule has 0 aliphatic heterocycles. The van der Waals surface area contributed by atoms with E-state index in [9.17, 15) is 14.4 Å². The molecule has 0 fully saturated rings. The zero-order valence-corrected chi connectivity index (χ0v) is 17.0. The van der Waals surface area contributed by atoms with E-state index in [2.05, 4.69) is 5.32 Å². The van der Waals surface area contributed by atoms with Gasteiger partial charge in [-0.1, -0.05) is 66.7 Å². The smallest absolute Gasteiger partial charge is 0.412 e. The molecule has 2 aromatic carbocycles. The highest BCUT2D eigenvalue weighted by molar-refractivity contribution is 5.84. The summed E-state index contributed by atoms with van der Waals surface area (Å²) in [4.78, 5) is 36.9. The standard InChI is InChI=1S/C24H22N2O5/c1-30-22(27)16-26-20(13-12-18-8-4-2-5-9-18)14-15-21(23(26)28)25-24(29)31-17-19-10-6-3-7-11-19/h2-15H,16-17H2,1H3,(H,25,29). The number of benzene rings is 2. The molecule has 0 unspecified atom stereocenters. The maximum atomic E-state index is 12.9. The number of nitrogens with zero attached hydrogens (tertiary/aromatic N) is 1.